The molecule has 15 heavy (non-hydrogen) atoms. The van der Waals surface area contributed by atoms with Gasteiger partial charge >= 0.3 is 0 Å². The van der Waals surface area contributed by atoms with Gasteiger partial charge in [-0.3, -0.25) is 0 Å². The molecular weight excluding hydrogens is 188 g/mol. The maximum Gasteiger partial charge on any atom is 0.0786 e. The lowest BCUT2D eigenvalue weighted by molar-refractivity contribution is -0.00278. The Bertz CT molecular complexity index is 204. The van der Waals surface area contributed by atoms with Gasteiger partial charge in [-0.2, -0.15) is 0 Å². The molecule has 1 unspecified atom stereocenters. The van der Waals surface area contributed by atoms with Crippen LogP contribution in [0.4, 0.5) is 0 Å². The van der Waals surface area contributed by atoms with Crippen LogP contribution < -0.4 is 0 Å². The summed E-state index contributed by atoms with van der Waals surface area (Å²) in [6.07, 6.45) is 5.70. The van der Waals surface area contributed by atoms with Crippen LogP contribution in [0.3, 0.4) is 0 Å². The van der Waals surface area contributed by atoms with Gasteiger partial charge in [0.15, 0.2) is 0 Å². The molecule has 1 N–H and O–H groups in total. The summed E-state index contributed by atoms with van der Waals surface area (Å²) in [4.78, 5) is 4.77. The molecule has 0 spiro atoms. The van der Waals surface area contributed by atoms with Crippen molar-refractivity contribution in [2.75, 3.05) is 39.8 Å². The van der Waals surface area contributed by atoms with Gasteiger partial charge in [0.25, 0.3) is 0 Å². The molecular formula is C12H24N2O. The van der Waals surface area contributed by atoms with Gasteiger partial charge in [0.2, 0.25) is 0 Å². The van der Waals surface area contributed by atoms with Crippen molar-refractivity contribution in [2.24, 2.45) is 0 Å². The van der Waals surface area contributed by atoms with Crippen LogP contribution in [0.1, 0.15) is 32.1 Å². The smallest absolute Gasteiger partial charge is 0.0786 e. The minimum absolute atomic E-state index is 0.408. The number of aliphatic hydroxyl groups is 1. The molecule has 2 rings (SSSR count). The van der Waals surface area contributed by atoms with Crippen LogP contribution in [0, 0.1) is 0 Å². The number of hydrogen-bond donors (Lipinski definition) is 1. The minimum Gasteiger partial charge on any atom is -0.389 e. The van der Waals surface area contributed by atoms with Gasteiger partial charge in [-0.25, -0.2) is 0 Å². The van der Waals surface area contributed by atoms with E-state index in [0.29, 0.717) is 0 Å². The van der Waals surface area contributed by atoms with Crippen molar-refractivity contribution in [1.29, 1.82) is 0 Å². The molecule has 2 fully saturated rings. The number of β-amino-alcohol motifs (C(OH)–C–C–N with tert-alkyl or cyclic N) is 1. The average molecular weight is 212 g/mol. The summed E-state index contributed by atoms with van der Waals surface area (Å²) in [7, 11) is 2.15. The maximum atomic E-state index is 10.6. The van der Waals surface area contributed by atoms with Gasteiger partial charge in [0.05, 0.1) is 5.60 Å². The molecule has 2 aliphatic heterocycles. The Balaban J connectivity index is 1.86. The number of rotatable bonds is 2. The molecule has 2 heterocycles. The van der Waals surface area contributed by atoms with Crippen LogP contribution in [-0.2, 0) is 0 Å². The van der Waals surface area contributed by atoms with Crippen molar-refractivity contribution in [3.05, 3.63) is 0 Å². The highest BCUT2D eigenvalue weighted by Crippen LogP contribution is 2.24. The van der Waals surface area contributed by atoms with Crippen LogP contribution in [0.5, 0.6) is 0 Å². The average Bonchev–Trinajstić information content (AvgIpc) is 2.61. The molecule has 3 nitrogen and oxygen atoms in total. The molecule has 0 amide bonds. The standard InChI is InChI=1S/C12H24N2O/c1-13-7-4-5-12(15,6-10-13)11-14-8-2-3-9-14/h15H,2-11H2,1H3. The second kappa shape index (κ2) is 4.81. The maximum absolute atomic E-state index is 10.6. The largest absolute Gasteiger partial charge is 0.389 e. The van der Waals surface area contributed by atoms with Crippen LogP contribution in [0.2, 0.25) is 0 Å². The first-order valence-electron chi connectivity index (χ1n) is 6.31. The zero-order chi connectivity index (χ0) is 10.7. The van der Waals surface area contributed by atoms with Crippen molar-refractivity contribution in [3.63, 3.8) is 0 Å². The Labute approximate surface area is 93.1 Å². The Morgan fingerprint density at radius 3 is 2.47 bits per heavy atom. The summed E-state index contributed by atoms with van der Waals surface area (Å²) in [6, 6.07) is 0. The molecule has 3 heteroatoms. The quantitative estimate of drug-likeness (QED) is 0.737. The Kier molecular flexibility index (Phi) is 3.65. The highest BCUT2D eigenvalue weighted by atomic mass is 16.3. The van der Waals surface area contributed by atoms with E-state index in [1.807, 2.05) is 0 Å². The molecule has 0 aromatic carbocycles. The zero-order valence-corrected chi connectivity index (χ0v) is 9.91. The molecule has 2 aliphatic rings. The van der Waals surface area contributed by atoms with E-state index in [-0.39, 0.29) is 0 Å². The summed E-state index contributed by atoms with van der Waals surface area (Å²) < 4.78 is 0. The molecule has 0 aliphatic carbocycles. The highest BCUT2D eigenvalue weighted by Gasteiger charge is 2.32. The van der Waals surface area contributed by atoms with Crippen molar-refractivity contribution in [2.45, 2.75) is 37.7 Å². The van der Waals surface area contributed by atoms with Crippen LogP contribution in [0.25, 0.3) is 0 Å². The fourth-order valence-corrected chi connectivity index (χ4v) is 2.83. The third-order valence-electron chi connectivity index (χ3n) is 3.86. The van der Waals surface area contributed by atoms with Crippen LogP contribution in [-0.4, -0.2) is 60.3 Å². The second-order valence-corrected chi connectivity index (χ2v) is 5.36. The van der Waals surface area contributed by atoms with E-state index in [2.05, 4.69) is 16.8 Å². The molecule has 0 aromatic rings. The third kappa shape index (κ3) is 3.16. The lowest BCUT2D eigenvalue weighted by Crippen LogP contribution is -2.42. The first-order valence-corrected chi connectivity index (χ1v) is 6.31. The van der Waals surface area contributed by atoms with Crippen LogP contribution >= 0.6 is 0 Å². The van der Waals surface area contributed by atoms with E-state index in [0.717, 1.165) is 38.9 Å². The summed E-state index contributed by atoms with van der Waals surface area (Å²) in [5.41, 5.74) is -0.408. The molecule has 1 atom stereocenters. The zero-order valence-electron chi connectivity index (χ0n) is 9.91. The van der Waals surface area contributed by atoms with E-state index in [4.69, 9.17) is 0 Å². The monoisotopic (exact) mass is 212 g/mol. The van der Waals surface area contributed by atoms with Gasteiger partial charge < -0.3 is 14.9 Å². The topological polar surface area (TPSA) is 26.7 Å². The molecule has 0 bridgehead atoms. The predicted molar refractivity (Wildman–Crippen MR) is 62.0 cm³/mol. The fraction of sp³-hybridized carbons (Fsp3) is 1.00. The second-order valence-electron chi connectivity index (χ2n) is 5.36. The summed E-state index contributed by atoms with van der Waals surface area (Å²) in [5.74, 6) is 0. The fourth-order valence-electron chi connectivity index (χ4n) is 2.83. The normalized spacial score (nSPS) is 35.6. The van der Waals surface area contributed by atoms with Crippen LogP contribution in [0.15, 0.2) is 0 Å². The number of hydrogen-bond acceptors (Lipinski definition) is 3. The first-order chi connectivity index (χ1) is 7.18. The van der Waals surface area contributed by atoms with Gasteiger partial charge in [0.1, 0.15) is 0 Å². The summed E-state index contributed by atoms with van der Waals surface area (Å²) in [5, 5.41) is 10.6. The van der Waals surface area contributed by atoms with Crippen molar-refractivity contribution in [1.82, 2.24) is 9.80 Å². The van der Waals surface area contributed by atoms with Crippen molar-refractivity contribution < 1.29 is 5.11 Å². The molecule has 0 aromatic heterocycles. The predicted octanol–water partition coefficient (Wildman–Crippen LogP) is 0.929. The van der Waals surface area contributed by atoms with E-state index in [1.54, 1.807) is 0 Å². The molecule has 88 valence electrons. The molecule has 0 radical (unpaired) electrons. The van der Waals surface area contributed by atoms with Gasteiger partial charge in [0, 0.05) is 13.1 Å². The highest BCUT2D eigenvalue weighted by molar-refractivity contribution is 4.87. The van der Waals surface area contributed by atoms with Crippen molar-refractivity contribution >= 4 is 0 Å². The summed E-state index contributed by atoms with van der Waals surface area (Å²) in [6.45, 7) is 5.48. The molecule has 2 saturated heterocycles. The van der Waals surface area contributed by atoms with Gasteiger partial charge in [-0.15, -0.1) is 0 Å². The Morgan fingerprint density at radius 2 is 1.73 bits per heavy atom. The Hall–Kier alpha value is -0.120. The lowest BCUT2D eigenvalue weighted by atomic mass is 9.94. The van der Waals surface area contributed by atoms with E-state index in [9.17, 15) is 5.11 Å². The molecule has 0 saturated carbocycles. The van der Waals surface area contributed by atoms with E-state index < -0.39 is 5.60 Å². The van der Waals surface area contributed by atoms with Crippen molar-refractivity contribution in [3.8, 4) is 0 Å². The first kappa shape index (κ1) is 11.4. The summed E-state index contributed by atoms with van der Waals surface area (Å²) >= 11 is 0. The Morgan fingerprint density at radius 1 is 1.00 bits per heavy atom. The van der Waals surface area contributed by atoms with E-state index >= 15 is 0 Å². The van der Waals surface area contributed by atoms with Gasteiger partial charge in [-0.05, 0) is 58.8 Å². The number of likely N-dealkylation sites (tertiary alicyclic amines) is 2. The lowest BCUT2D eigenvalue weighted by Gasteiger charge is -2.31. The SMILES string of the molecule is CN1CCCC(O)(CN2CCCC2)CC1. The third-order valence-corrected chi connectivity index (χ3v) is 3.86. The minimum atomic E-state index is -0.408. The number of nitrogens with zero attached hydrogens (tertiary/aromatic N) is 2. The van der Waals surface area contributed by atoms with Gasteiger partial charge in [-0.1, -0.05) is 0 Å². The van der Waals surface area contributed by atoms with E-state index in [1.165, 1.54) is 25.9 Å².